The summed E-state index contributed by atoms with van der Waals surface area (Å²) in [6.07, 6.45) is 0. The average molecular weight is 366 g/mol. The molecule has 1 heterocycles. The van der Waals surface area contributed by atoms with Gasteiger partial charge in [-0.3, -0.25) is 4.79 Å². The highest BCUT2D eigenvalue weighted by Gasteiger charge is 2.17. The lowest BCUT2D eigenvalue weighted by atomic mass is 10.2. The number of nitrogens with one attached hydrogen (secondary N) is 1. The van der Waals surface area contributed by atoms with E-state index in [2.05, 4.69) is 5.32 Å². The first-order valence-electron chi connectivity index (χ1n) is 6.87. The van der Waals surface area contributed by atoms with Gasteiger partial charge in [0, 0.05) is 21.7 Å². The van der Waals surface area contributed by atoms with E-state index in [1.165, 1.54) is 11.3 Å². The van der Waals surface area contributed by atoms with Gasteiger partial charge in [-0.05, 0) is 29.8 Å². The van der Waals surface area contributed by atoms with E-state index in [9.17, 15) is 4.79 Å². The summed E-state index contributed by atoms with van der Waals surface area (Å²) in [6.45, 7) is 0.425. The number of thiophene rings is 1. The normalized spacial score (nSPS) is 10.7. The second-order valence-corrected chi connectivity index (χ2v) is 6.78. The van der Waals surface area contributed by atoms with Gasteiger partial charge in [0.05, 0.1) is 12.1 Å². The molecule has 0 aliphatic heterocycles. The Balaban J connectivity index is 1.76. The summed E-state index contributed by atoms with van der Waals surface area (Å²) in [7, 11) is 1.62. The van der Waals surface area contributed by atoms with Crippen molar-refractivity contribution in [3.05, 3.63) is 63.0 Å². The summed E-state index contributed by atoms with van der Waals surface area (Å²) < 4.78 is 6.01. The fourth-order valence-corrected chi connectivity index (χ4v) is 3.90. The van der Waals surface area contributed by atoms with Gasteiger partial charge < -0.3 is 10.1 Å². The Bertz CT molecular complexity index is 859. The van der Waals surface area contributed by atoms with Crippen LogP contribution in [0.25, 0.3) is 10.1 Å². The number of fused-ring (bicyclic) bond motifs is 1. The van der Waals surface area contributed by atoms with Gasteiger partial charge in [-0.25, -0.2) is 0 Å². The molecule has 3 rings (SSSR count). The Morgan fingerprint density at radius 1 is 1.17 bits per heavy atom. The minimum atomic E-state index is -0.192. The second kappa shape index (κ2) is 6.79. The third-order valence-electron chi connectivity index (χ3n) is 3.41. The van der Waals surface area contributed by atoms with Gasteiger partial charge in [0.15, 0.2) is 0 Å². The van der Waals surface area contributed by atoms with Crippen LogP contribution in [-0.4, -0.2) is 13.0 Å². The number of halogens is 2. The number of methoxy groups -OCH3 is 1. The lowest BCUT2D eigenvalue weighted by Crippen LogP contribution is -2.22. The standard InChI is InChI=1S/C17H13Cl2NO2S/c1-22-12-5-2-10(3-6-12)9-20-17(21)16-15(19)13-7-4-11(18)8-14(13)23-16/h2-8H,9H2,1H3,(H,20,21). The lowest BCUT2D eigenvalue weighted by molar-refractivity contribution is 0.0955. The van der Waals surface area contributed by atoms with Gasteiger partial charge in [-0.1, -0.05) is 41.4 Å². The molecule has 0 spiro atoms. The number of carbonyl (C=O) groups is 1. The van der Waals surface area contributed by atoms with Crippen molar-refractivity contribution in [1.82, 2.24) is 5.32 Å². The number of amides is 1. The molecule has 0 unspecified atom stereocenters. The molecule has 0 saturated carbocycles. The molecule has 3 aromatic rings. The van der Waals surface area contributed by atoms with E-state index >= 15 is 0 Å². The van der Waals surface area contributed by atoms with Gasteiger partial charge in [0.1, 0.15) is 10.6 Å². The molecule has 2 aromatic carbocycles. The summed E-state index contributed by atoms with van der Waals surface area (Å²) in [4.78, 5) is 12.9. The minimum absolute atomic E-state index is 0.192. The maximum Gasteiger partial charge on any atom is 0.263 e. The zero-order chi connectivity index (χ0) is 16.4. The van der Waals surface area contributed by atoms with Crippen LogP contribution in [-0.2, 0) is 6.54 Å². The van der Waals surface area contributed by atoms with Gasteiger partial charge in [-0.15, -0.1) is 11.3 Å². The van der Waals surface area contributed by atoms with Gasteiger partial charge in [0.2, 0.25) is 0 Å². The van der Waals surface area contributed by atoms with E-state index in [-0.39, 0.29) is 5.91 Å². The monoisotopic (exact) mass is 365 g/mol. The van der Waals surface area contributed by atoms with Crippen LogP contribution in [0.15, 0.2) is 42.5 Å². The van der Waals surface area contributed by atoms with Crippen LogP contribution in [0, 0.1) is 0 Å². The van der Waals surface area contributed by atoms with Crippen molar-refractivity contribution in [2.45, 2.75) is 6.54 Å². The van der Waals surface area contributed by atoms with Crippen molar-refractivity contribution >= 4 is 50.5 Å². The Kier molecular flexibility index (Phi) is 4.76. The summed E-state index contributed by atoms with van der Waals surface area (Å²) in [5.74, 6) is 0.590. The number of benzene rings is 2. The molecular formula is C17H13Cl2NO2S. The van der Waals surface area contributed by atoms with Crippen LogP contribution >= 0.6 is 34.5 Å². The number of ether oxygens (including phenoxy) is 1. The first-order chi connectivity index (χ1) is 11.1. The van der Waals surface area contributed by atoms with Crippen LogP contribution in [0.5, 0.6) is 5.75 Å². The van der Waals surface area contributed by atoms with Crippen LogP contribution in [0.4, 0.5) is 0 Å². The molecule has 1 aromatic heterocycles. The molecule has 0 aliphatic rings. The molecule has 1 N–H and O–H groups in total. The molecular weight excluding hydrogens is 353 g/mol. The van der Waals surface area contributed by atoms with Crippen LogP contribution in [0.1, 0.15) is 15.2 Å². The third-order valence-corrected chi connectivity index (χ3v) is 5.30. The molecule has 23 heavy (non-hydrogen) atoms. The van der Waals surface area contributed by atoms with Crippen LogP contribution in [0.3, 0.4) is 0 Å². The van der Waals surface area contributed by atoms with Crippen molar-refractivity contribution in [3.8, 4) is 5.75 Å². The van der Waals surface area contributed by atoms with Crippen molar-refractivity contribution in [1.29, 1.82) is 0 Å². The predicted molar refractivity (Wildman–Crippen MR) is 96.0 cm³/mol. The summed E-state index contributed by atoms with van der Waals surface area (Å²) >= 11 is 13.6. The fourth-order valence-electron chi connectivity index (χ4n) is 2.19. The quantitative estimate of drug-likeness (QED) is 0.694. The zero-order valence-electron chi connectivity index (χ0n) is 12.2. The van der Waals surface area contributed by atoms with Crippen molar-refractivity contribution in [2.75, 3.05) is 7.11 Å². The molecule has 0 fully saturated rings. The van der Waals surface area contributed by atoms with Gasteiger partial charge >= 0.3 is 0 Å². The van der Waals surface area contributed by atoms with E-state index in [1.54, 1.807) is 13.2 Å². The van der Waals surface area contributed by atoms with E-state index in [0.29, 0.717) is 21.5 Å². The highest BCUT2D eigenvalue weighted by Crippen LogP contribution is 2.36. The maximum absolute atomic E-state index is 12.4. The highest BCUT2D eigenvalue weighted by molar-refractivity contribution is 7.21. The molecule has 0 aliphatic carbocycles. The van der Waals surface area contributed by atoms with Crippen LogP contribution < -0.4 is 10.1 Å². The molecule has 1 amide bonds. The van der Waals surface area contributed by atoms with Gasteiger partial charge in [0.25, 0.3) is 5.91 Å². The van der Waals surface area contributed by atoms with Crippen molar-refractivity contribution in [3.63, 3.8) is 0 Å². The fraction of sp³-hybridized carbons (Fsp3) is 0.118. The third kappa shape index (κ3) is 3.44. The lowest BCUT2D eigenvalue weighted by Gasteiger charge is -2.05. The largest absolute Gasteiger partial charge is 0.497 e. The maximum atomic E-state index is 12.4. The molecule has 6 heteroatoms. The smallest absolute Gasteiger partial charge is 0.263 e. The Morgan fingerprint density at radius 2 is 1.91 bits per heavy atom. The first-order valence-corrected chi connectivity index (χ1v) is 8.44. The van der Waals surface area contributed by atoms with Crippen molar-refractivity contribution < 1.29 is 9.53 Å². The predicted octanol–water partition coefficient (Wildman–Crippen LogP) is 5.15. The second-order valence-electron chi connectivity index (χ2n) is 4.92. The molecule has 0 saturated heterocycles. The summed E-state index contributed by atoms with van der Waals surface area (Å²) in [5.41, 5.74) is 0.986. The Morgan fingerprint density at radius 3 is 2.61 bits per heavy atom. The summed E-state index contributed by atoms with van der Waals surface area (Å²) in [6, 6.07) is 12.9. The Labute approximate surface area is 147 Å². The average Bonchev–Trinajstić information content (AvgIpc) is 2.89. The van der Waals surface area contributed by atoms with Gasteiger partial charge in [-0.2, -0.15) is 0 Å². The molecule has 0 bridgehead atoms. The van der Waals surface area contributed by atoms with E-state index in [0.717, 1.165) is 21.4 Å². The molecule has 0 radical (unpaired) electrons. The van der Waals surface area contributed by atoms with Crippen molar-refractivity contribution in [2.24, 2.45) is 0 Å². The van der Waals surface area contributed by atoms with E-state index in [1.807, 2.05) is 36.4 Å². The number of hydrogen-bond acceptors (Lipinski definition) is 3. The number of hydrogen-bond donors (Lipinski definition) is 1. The van der Waals surface area contributed by atoms with Crippen LogP contribution in [0.2, 0.25) is 10.0 Å². The summed E-state index contributed by atoms with van der Waals surface area (Å²) in [5, 5.41) is 4.82. The molecule has 118 valence electrons. The number of rotatable bonds is 4. The SMILES string of the molecule is COc1ccc(CNC(=O)c2sc3cc(Cl)ccc3c2Cl)cc1. The first kappa shape index (κ1) is 16.1. The Hall–Kier alpha value is -1.75. The zero-order valence-corrected chi connectivity index (χ0v) is 14.6. The number of carbonyl (C=O) groups excluding carboxylic acids is 1. The topological polar surface area (TPSA) is 38.3 Å². The van der Waals surface area contributed by atoms with E-state index < -0.39 is 0 Å². The molecule has 0 atom stereocenters. The molecule has 3 nitrogen and oxygen atoms in total. The van der Waals surface area contributed by atoms with E-state index in [4.69, 9.17) is 27.9 Å². The minimum Gasteiger partial charge on any atom is -0.497 e. The highest BCUT2D eigenvalue weighted by atomic mass is 35.5.